The number of carboxylic acids is 1. The predicted octanol–water partition coefficient (Wildman–Crippen LogP) is 1.65. The number of amides is 1. The molecule has 0 spiro atoms. The molecule has 1 N–H and O–H groups in total. The van der Waals surface area contributed by atoms with Gasteiger partial charge in [0.05, 0.1) is 12.1 Å². The van der Waals surface area contributed by atoms with Gasteiger partial charge < -0.3 is 14.5 Å². The van der Waals surface area contributed by atoms with Gasteiger partial charge in [-0.2, -0.15) is 0 Å². The number of rotatable bonds is 4. The summed E-state index contributed by atoms with van der Waals surface area (Å²) in [4.78, 5) is 24.6. The number of carbonyl (C=O) groups is 2. The molecule has 104 valence electrons. The molecule has 2 rings (SSSR count). The lowest BCUT2D eigenvalue weighted by molar-refractivity contribution is -0.139. The van der Waals surface area contributed by atoms with Crippen LogP contribution >= 0.6 is 0 Å². The Morgan fingerprint density at radius 2 is 2.11 bits per heavy atom. The number of aliphatic carboxylic acids is 1. The average molecular weight is 266 g/mol. The van der Waals surface area contributed by atoms with Crippen LogP contribution in [0.5, 0.6) is 0 Å². The summed E-state index contributed by atoms with van der Waals surface area (Å²) < 4.78 is 5.20. The number of likely N-dealkylation sites (tertiary alicyclic amines) is 1. The smallest absolute Gasteiger partial charge is 0.303 e. The Labute approximate surface area is 111 Å². The van der Waals surface area contributed by atoms with Crippen molar-refractivity contribution in [3.63, 3.8) is 0 Å². The third kappa shape index (κ3) is 2.62. The molecule has 0 bridgehead atoms. The van der Waals surface area contributed by atoms with Crippen LogP contribution < -0.4 is 0 Å². The zero-order valence-electron chi connectivity index (χ0n) is 11.3. The lowest BCUT2D eigenvalue weighted by Gasteiger charge is -2.38. The van der Waals surface area contributed by atoms with E-state index in [0.717, 1.165) is 0 Å². The monoisotopic (exact) mass is 266 g/mol. The molecule has 1 aliphatic heterocycles. The summed E-state index contributed by atoms with van der Waals surface area (Å²) in [5.41, 5.74) is 1.12. The fraction of sp³-hybridized carbons (Fsp3) is 0.615. The maximum absolute atomic E-state index is 12.3. The molecule has 0 aliphatic carbocycles. The molecule has 1 aliphatic rings. The van der Waals surface area contributed by atoms with E-state index in [-0.39, 0.29) is 24.2 Å². The molecule has 6 heteroatoms. The molecule has 0 atom stereocenters. The van der Waals surface area contributed by atoms with Gasteiger partial charge in [0.15, 0.2) is 5.76 Å². The molecular weight excluding hydrogens is 248 g/mol. The predicted molar refractivity (Wildman–Crippen MR) is 67.0 cm³/mol. The topological polar surface area (TPSA) is 83.6 Å². The van der Waals surface area contributed by atoms with Gasteiger partial charge in [0.2, 0.25) is 0 Å². The van der Waals surface area contributed by atoms with Crippen LogP contribution in [0.3, 0.4) is 0 Å². The molecule has 6 nitrogen and oxygen atoms in total. The number of carbonyl (C=O) groups excluding carboxylic acids is 1. The first-order valence-corrected chi connectivity index (χ1v) is 6.37. The van der Waals surface area contributed by atoms with Crippen molar-refractivity contribution in [1.82, 2.24) is 10.1 Å². The fourth-order valence-electron chi connectivity index (χ4n) is 2.31. The zero-order valence-corrected chi connectivity index (χ0v) is 11.3. The first kappa shape index (κ1) is 13.6. The molecule has 1 fully saturated rings. The van der Waals surface area contributed by atoms with Gasteiger partial charge in [-0.25, -0.2) is 0 Å². The van der Waals surface area contributed by atoms with E-state index in [4.69, 9.17) is 9.63 Å². The van der Waals surface area contributed by atoms with Crippen molar-refractivity contribution in [2.45, 2.75) is 33.1 Å². The second kappa shape index (κ2) is 5.03. The maximum Gasteiger partial charge on any atom is 0.303 e. The van der Waals surface area contributed by atoms with Gasteiger partial charge in [-0.05, 0) is 6.92 Å². The third-order valence-corrected chi connectivity index (χ3v) is 3.34. The molecule has 0 radical (unpaired) electrons. The molecule has 19 heavy (non-hydrogen) atoms. The van der Waals surface area contributed by atoms with Crippen LogP contribution in [-0.2, 0) is 4.79 Å². The molecule has 0 saturated carbocycles. The Morgan fingerprint density at radius 3 is 2.63 bits per heavy atom. The van der Waals surface area contributed by atoms with Crippen LogP contribution in [0.4, 0.5) is 0 Å². The van der Waals surface area contributed by atoms with Gasteiger partial charge in [0.1, 0.15) is 5.56 Å². The van der Waals surface area contributed by atoms with Gasteiger partial charge >= 0.3 is 5.97 Å². The molecular formula is C13H18N2O4. The molecule has 1 aromatic rings. The van der Waals surface area contributed by atoms with E-state index >= 15 is 0 Å². The van der Waals surface area contributed by atoms with Crippen molar-refractivity contribution < 1.29 is 19.2 Å². The van der Waals surface area contributed by atoms with Crippen molar-refractivity contribution in [3.05, 3.63) is 17.0 Å². The Hall–Kier alpha value is -1.85. The second-order valence-electron chi connectivity index (χ2n) is 5.34. The summed E-state index contributed by atoms with van der Waals surface area (Å²) in [6.07, 6.45) is 0.115. The molecule has 1 saturated heterocycles. The first-order chi connectivity index (χ1) is 8.90. The van der Waals surface area contributed by atoms with Gasteiger partial charge in [0.25, 0.3) is 5.91 Å². The summed E-state index contributed by atoms with van der Waals surface area (Å²) >= 11 is 0. The summed E-state index contributed by atoms with van der Waals surface area (Å²) in [7, 11) is 0. The number of hydrogen-bond donors (Lipinski definition) is 1. The van der Waals surface area contributed by atoms with Crippen molar-refractivity contribution in [2.24, 2.45) is 5.92 Å². The van der Waals surface area contributed by atoms with Crippen LogP contribution in [0.15, 0.2) is 4.52 Å². The summed E-state index contributed by atoms with van der Waals surface area (Å²) in [5, 5.41) is 12.5. The Kier molecular flexibility index (Phi) is 3.59. The van der Waals surface area contributed by atoms with Crippen LogP contribution in [0.1, 0.15) is 48.0 Å². The quantitative estimate of drug-likeness (QED) is 0.895. The lowest BCUT2D eigenvalue weighted by Crippen LogP contribution is -2.50. The minimum absolute atomic E-state index is 0.0594. The summed E-state index contributed by atoms with van der Waals surface area (Å²) in [6, 6.07) is 0. The summed E-state index contributed by atoms with van der Waals surface area (Å²) in [5.74, 6) is -0.172. The van der Waals surface area contributed by atoms with E-state index in [2.05, 4.69) is 5.16 Å². The van der Waals surface area contributed by atoms with Gasteiger partial charge in [-0.15, -0.1) is 0 Å². The highest BCUT2D eigenvalue weighted by Gasteiger charge is 2.35. The van der Waals surface area contributed by atoms with Crippen LogP contribution in [0.25, 0.3) is 0 Å². The zero-order chi connectivity index (χ0) is 14.2. The Balaban J connectivity index is 2.06. The largest absolute Gasteiger partial charge is 0.481 e. The lowest BCUT2D eigenvalue weighted by atomic mass is 9.94. The van der Waals surface area contributed by atoms with E-state index in [1.165, 1.54) is 0 Å². The number of aryl methyl sites for hydroxylation is 1. The maximum atomic E-state index is 12.3. The minimum atomic E-state index is -0.818. The van der Waals surface area contributed by atoms with E-state index in [1.807, 2.05) is 13.8 Å². The number of nitrogens with zero attached hydrogens (tertiary/aromatic N) is 2. The molecule has 0 unspecified atom stereocenters. The first-order valence-electron chi connectivity index (χ1n) is 6.37. The second-order valence-corrected chi connectivity index (χ2v) is 5.34. The molecule has 1 aromatic heterocycles. The Bertz CT molecular complexity index is 501. The van der Waals surface area contributed by atoms with Gasteiger partial charge in [0, 0.05) is 24.9 Å². The van der Waals surface area contributed by atoms with Crippen molar-refractivity contribution in [3.8, 4) is 0 Å². The highest BCUT2D eigenvalue weighted by molar-refractivity contribution is 5.96. The highest BCUT2D eigenvalue weighted by atomic mass is 16.5. The van der Waals surface area contributed by atoms with Crippen molar-refractivity contribution in [2.75, 3.05) is 13.1 Å². The fourth-order valence-corrected chi connectivity index (χ4v) is 2.31. The van der Waals surface area contributed by atoms with Crippen LogP contribution in [0, 0.1) is 12.8 Å². The molecule has 1 amide bonds. The number of aromatic nitrogens is 1. The van der Waals surface area contributed by atoms with Gasteiger partial charge in [-0.3, -0.25) is 9.59 Å². The minimum Gasteiger partial charge on any atom is -0.481 e. The van der Waals surface area contributed by atoms with Crippen molar-refractivity contribution in [1.29, 1.82) is 0 Å². The SMILES string of the molecule is Cc1noc(C(C)C)c1C(=O)N1CC(CC(=O)O)C1. The van der Waals surface area contributed by atoms with E-state index in [9.17, 15) is 9.59 Å². The normalized spacial score (nSPS) is 15.7. The highest BCUT2D eigenvalue weighted by Crippen LogP contribution is 2.27. The third-order valence-electron chi connectivity index (χ3n) is 3.34. The average Bonchev–Trinajstić information content (AvgIpc) is 2.64. The van der Waals surface area contributed by atoms with E-state index in [0.29, 0.717) is 30.1 Å². The van der Waals surface area contributed by atoms with Gasteiger partial charge in [-0.1, -0.05) is 19.0 Å². The van der Waals surface area contributed by atoms with Crippen LogP contribution in [0.2, 0.25) is 0 Å². The van der Waals surface area contributed by atoms with Crippen molar-refractivity contribution >= 4 is 11.9 Å². The van der Waals surface area contributed by atoms with E-state index in [1.54, 1.807) is 11.8 Å². The summed E-state index contributed by atoms with van der Waals surface area (Å²) in [6.45, 7) is 6.62. The van der Waals surface area contributed by atoms with E-state index < -0.39 is 5.97 Å². The standard InChI is InChI=1S/C13H18N2O4/c1-7(2)12-11(8(3)14-19-12)13(18)15-5-9(6-15)4-10(16)17/h7,9H,4-6H2,1-3H3,(H,16,17). The molecule has 2 heterocycles. The number of hydrogen-bond acceptors (Lipinski definition) is 4. The Morgan fingerprint density at radius 1 is 1.47 bits per heavy atom. The van der Waals surface area contributed by atoms with Crippen LogP contribution in [-0.4, -0.2) is 40.1 Å². The number of carboxylic acid groups (broad SMARTS) is 1. The molecule has 0 aromatic carbocycles.